The fourth-order valence-electron chi connectivity index (χ4n) is 1.98. The van der Waals surface area contributed by atoms with Crippen LogP contribution in [0.4, 0.5) is 0 Å². The van der Waals surface area contributed by atoms with Crippen molar-refractivity contribution >= 4 is 29.0 Å². The molecule has 0 fully saturated rings. The number of carbonyl (C=O) groups is 1. The second-order valence-electron chi connectivity index (χ2n) is 4.54. The monoisotopic (exact) mass is 329 g/mol. The van der Waals surface area contributed by atoms with E-state index in [4.69, 9.17) is 4.74 Å². The first-order valence-corrected chi connectivity index (χ1v) is 7.96. The lowest BCUT2D eigenvalue weighted by atomic mass is 10.4. The molecule has 3 aromatic heterocycles. The molecular weight excluding hydrogens is 314 g/mol. The molecule has 0 aliphatic carbocycles. The van der Waals surface area contributed by atoms with E-state index >= 15 is 0 Å². The normalized spacial score (nSPS) is 11.2. The Morgan fingerprint density at radius 1 is 1.48 bits per heavy atom. The van der Waals surface area contributed by atoms with Gasteiger partial charge in [-0.1, -0.05) is 6.07 Å². The van der Waals surface area contributed by atoms with Crippen LogP contribution in [-0.4, -0.2) is 32.1 Å². The van der Waals surface area contributed by atoms with E-state index in [1.54, 1.807) is 34.2 Å². The van der Waals surface area contributed by atoms with E-state index in [2.05, 4.69) is 20.5 Å². The Balaban J connectivity index is 1.67. The standard InChI is InChI=1S/C15H15N5O2S/c1-2-22-15-14-19-18-12(20(14)8-7-16-15)10-17-13(21)6-5-11-4-3-9-23-11/h3-9H,2,10H2,1H3,(H,17,21)/b6-5-. The minimum Gasteiger partial charge on any atom is -0.475 e. The predicted octanol–water partition coefficient (Wildman–Crippen LogP) is 1.91. The van der Waals surface area contributed by atoms with Crippen LogP contribution in [0.1, 0.15) is 17.6 Å². The van der Waals surface area contributed by atoms with Crippen LogP contribution in [0.5, 0.6) is 5.88 Å². The maximum Gasteiger partial charge on any atom is 0.260 e. The zero-order chi connectivity index (χ0) is 16.1. The van der Waals surface area contributed by atoms with Crippen LogP contribution in [0.15, 0.2) is 36.0 Å². The lowest BCUT2D eigenvalue weighted by Crippen LogP contribution is -2.21. The highest BCUT2D eigenvalue weighted by molar-refractivity contribution is 7.10. The fraction of sp³-hybridized carbons (Fsp3) is 0.200. The van der Waals surface area contributed by atoms with Gasteiger partial charge < -0.3 is 10.1 Å². The van der Waals surface area contributed by atoms with Crippen molar-refractivity contribution in [2.24, 2.45) is 0 Å². The number of fused-ring (bicyclic) bond motifs is 1. The van der Waals surface area contributed by atoms with Gasteiger partial charge in [0.05, 0.1) is 13.2 Å². The number of ether oxygens (including phenoxy) is 1. The van der Waals surface area contributed by atoms with Gasteiger partial charge in [0, 0.05) is 23.3 Å². The minimum atomic E-state index is -0.186. The molecule has 0 saturated heterocycles. The third kappa shape index (κ3) is 3.54. The van der Waals surface area contributed by atoms with Gasteiger partial charge in [0.2, 0.25) is 11.6 Å². The molecule has 0 spiro atoms. The van der Waals surface area contributed by atoms with E-state index in [9.17, 15) is 4.79 Å². The Bertz CT molecular complexity index is 826. The van der Waals surface area contributed by atoms with E-state index < -0.39 is 0 Å². The molecule has 23 heavy (non-hydrogen) atoms. The molecule has 0 radical (unpaired) electrons. The number of aromatic nitrogens is 4. The molecule has 0 atom stereocenters. The Kier molecular flexibility index (Phi) is 4.62. The number of carbonyl (C=O) groups excluding carboxylic acids is 1. The summed E-state index contributed by atoms with van der Waals surface area (Å²) in [5.41, 5.74) is 0.535. The van der Waals surface area contributed by atoms with Crippen LogP contribution in [-0.2, 0) is 11.3 Å². The molecule has 3 heterocycles. The molecule has 0 unspecified atom stereocenters. The van der Waals surface area contributed by atoms with Crippen molar-refractivity contribution in [1.29, 1.82) is 0 Å². The third-order valence-corrected chi connectivity index (χ3v) is 3.85. The highest BCUT2D eigenvalue weighted by Crippen LogP contribution is 2.14. The maximum absolute atomic E-state index is 11.9. The van der Waals surface area contributed by atoms with Crippen LogP contribution >= 0.6 is 11.3 Å². The summed E-state index contributed by atoms with van der Waals surface area (Å²) >= 11 is 1.57. The lowest BCUT2D eigenvalue weighted by Gasteiger charge is -2.04. The Morgan fingerprint density at radius 2 is 2.39 bits per heavy atom. The van der Waals surface area contributed by atoms with E-state index in [1.807, 2.05) is 24.4 Å². The largest absolute Gasteiger partial charge is 0.475 e. The zero-order valence-electron chi connectivity index (χ0n) is 12.5. The van der Waals surface area contributed by atoms with Gasteiger partial charge in [0.1, 0.15) is 0 Å². The van der Waals surface area contributed by atoms with Crippen molar-refractivity contribution < 1.29 is 9.53 Å². The molecule has 1 N–H and O–H groups in total. The lowest BCUT2D eigenvalue weighted by molar-refractivity contribution is -0.116. The summed E-state index contributed by atoms with van der Waals surface area (Å²) in [5, 5.41) is 12.9. The van der Waals surface area contributed by atoms with Gasteiger partial charge >= 0.3 is 0 Å². The Morgan fingerprint density at radius 3 is 3.17 bits per heavy atom. The number of amides is 1. The predicted molar refractivity (Wildman–Crippen MR) is 87.2 cm³/mol. The van der Waals surface area contributed by atoms with Crippen LogP contribution in [0.2, 0.25) is 0 Å². The molecule has 8 heteroatoms. The highest BCUT2D eigenvalue weighted by Gasteiger charge is 2.11. The number of thiophene rings is 1. The maximum atomic E-state index is 11.9. The summed E-state index contributed by atoms with van der Waals surface area (Å²) in [6.07, 6.45) is 6.63. The summed E-state index contributed by atoms with van der Waals surface area (Å²) < 4.78 is 7.16. The number of hydrogen-bond acceptors (Lipinski definition) is 6. The van der Waals surface area contributed by atoms with Gasteiger partial charge in [0.15, 0.2) is 5.82 Å². The smallest absolute Gasteiger partial charge is 0.260 e. The van der Waals surface area contributed by atoms with Gasteiger partial charge in [0.25, 0.3) is 5.88 Å². The molecule has 118 valence electrons. The van der Waals surface area contributed by atoms with Gasteiger partial charge in [-0.05, 0) is 24.4 Å². The van der Waals surface area contributed by atoms with E-state index in [0.717, 1.165) is 4.88 Å². The van der Waals surface area contributed by atoms with Crippen LogP contribution in [0.3, 0.4) is 0 Å². The second kappa shape index (κ2) is 7.01. The Labute approximate surface area is 136 Å². The summed E-state index contributed by atoms with van der Waals surface area (Å²) in [4.78, 5) is 17.0. The summed E-state index contributed by atoms with van der Waals surface area (Å²) in [6, 6.07) is 3.89. The van der Waals surface area contributed by atoms with E-state index in [-0.39, 0.29) is 12.5 Å². The van der Waals surface area contributed by atoms with Crippen molar-refractivity contribution in [3.63, 3.8) is 0 Å². The number of hydrogen-bond donors (Lipinski definition) is 1. The number of nitrogens with one attached hydrogen (secondary N) is 1. The fourth-order valence-corrected chi connectivity index (χ4v) is 2.60. The third-order valence-electron chi connectivity index (χ3n) is 3.01. The van der Waals surface area contributed by atoms with Crippen molar-refractivity contribution in [2.45, 2.75) is 13.5 Å². The first-order valence-electron chi connectivity index (χ1n) is 7.08. The molecule has 3 rings (SSSR count). The average molecular weight is 329 g/mol. The molecule has 0 saturated carbocycles. The average Bonchev–Trinajstić information content (AvgIpc) is 3.21. The van der Waals surface area contributed by atoms with E-state index in [0.29, 0.717) is 24.0 Å². The van der Waals surface area contributed by atoms with Crippen LogP contribution in [0, 0.1) is 0 Å². The molecule has 3 aromatic rings. The molecule has 0 aliphatic rings. The molecule has 7 nitrogen and oxygen atoms in total. The van der Waals surface area contributed by atoms with E-state index in [1.165, 1.54) is 6.08 Å². The van der Waals surface area contributed by atoms with Crippen LogP contribution in [0.25, 0.3) is 11.7 Å². The van der Waals surface area contributed by atoms with Gasteiger partial charge in [-0.25, -0.2) is 4.98 Å². The second-order valence-corrected chi connectivity index (χ2v) is 5.52. The zero-order valence-corrected chi connectivity index (χ0v) is 13.3. The highest BCUT2D eigenvalue weighted by atomic mass is 32.1. The summed E-state index contributed by atoms with van der Waals surface area (Å²) in [6.45, 7) is 2.64. The topological polar surface area (TPSA) is 81.4 Å². The first-order chi connectivity index (χ1) is 11.3. The van der Waals surface area contributed by atoms with Gasteiger partial charge in [-0.15, -0.1) is 21.5 Å². The van der Waals surface area contributed by atoms with Crippen molar-refractivity contribution in [1.82, 2.24) is 24.9 Å². The molecule has 0 bridgehead atoms. The van der Waals surface area contributed by atoms with Gasteiger partial charge in [-0.2, -0.15) is 0 Å². The Hall–Kier alpha value is -2.74. The summed E-state index contributed by atoms with van der Waals surface area (Å²) in [7, 11) is 0. The number of rotatable bonds is 6. The first kappa shape index (κ1) is 15.2. The molecule has 1 amide bonds. The summed E-state index contributed by atoms with van der Waals surface area (Å²) in [5.74, 6) is 0.855. The van der Waals surface area contributed by atoms with Crippen LogP contribution < -0.4 is 10.1 Å². The minimum absolute atomic E-state index is 0.186. The van der Waals surface area contributed by atoms with Crippen molar-refractivity contribution in [2.75, 3.05) is 6.61 Å². The van der Waals surface area contributed by atoms with Gasteiger partial charge in [-0.3, -0.25) is 9.20 Å². The SMILES string of the molecule is CCOc1nccn2c(CNC(=O)/C=C\c3cccs3)nnc12. The molecular formula is C15H15N5O2S. The van der Waals surface area contributed by atoms with Crippen molar-refractivity contribution in [3.8, 4) is 5.88 Å². The molecule has 0 aliphatic heterocycles. The quantitative estimate of drug-likeness (QED) is 0.699. The van der Waals surface area contributed by atoms with Crippen molar-refractivity contribution in [3.05, 3.63) is 46.7 Å². The molecule has 0 aromatic carbocycles. The number of nitrogens with zero attached hydrogens (tertiary/aromatic N) is 4.